The zero-order valence-corrected chi connectivity index (χ0v) is 22.3. The molecule has 3 fully saturated rings. The summed E-state index contributed by atoms with van der Waals surface area (Å²) >= 11 is 6.29. The van der Waals surface area contributed by atoms with Crippen LogP contribution in [0.1, 0.15) is 60.1 Å². The molecule has 198 valence electrons. The summed E-state index contributed by atoms with van der Waals surface area (Å²) in [5.74, 6) is -0.717. The molecule has 1 N–H and O–H groups in total. The van der Waals surface area contributed by atoms with Gasteiger partial charge >= 0.3 is 6.09 Å². The Morgan fingerprint density at radius 2 is 2.03 bits per heavy atom. The smallest absolute Gasteiger partial charge is 0.407 e. The number of likely N-dealkylation sites (tertiary alicyclic amines) is 1. The van der Waals surface area contributed by atoms with Crippen LogP contribution in [0.3, 0.4) is 0 Å². The summed E-state index contributed by atoms with van der Waals surface area (Å²) in [4.78, 5) is 23.2. The predicted octanol–water partition coefficient (Wildman–Crippen LogP) is 3.88. The number of halogens is 1. The van der Waals surface area contributed by atoms with Gasteiger partial charge in [0.05, 0.1) is 5.39 Å². The molecular formula is C25H36ClN5O5. The van der Waals surface area contributed by atoms with Crippen molar-refractivity contribution in [3.63, 3.8) is 0 Å². The van der Waals surface area contributed by atoms with Gasteiger partial charge in [-0.15, -0.1) is 0 Å². The Kier molecular flexibility index (Phi) is 6.93. The van der Waals surface area contributed by atoms with Crippen LogP contribution in [-0.4, -0.2) is 80.9 Å². The lowest BCUT2D eigenvalue weighted by molar-refractivity contribution is -0.198. The fourth-order valence-electron chi connectivity index (χ4n) is 5.45. The van der Waals surface area contributed by atoms with Crippen LogP contribution >= 0.6 is 11.6 Å². The van der Waals surface area contributed by atoms with E-state index >= 15 is 0 Å². The van der Waals surface area contributed by atoms with Crippen molar-refractivity contribution >= 4 is 28.7 Å². The molecule has 1 amide bonds. The van der Waals surface area contributed by atoms with Gasteiger partial charge in [0.25, 0.3) is 0 Å². The number of hydrogen-bond donors (Lipinski definition) is 1. The Morgan fingerprint density at radius 1 is 1.25 bits per heavy atom. The van der Waals surface area contributed by atoms with Crippen LogP contribution in [0.15, 0.2) is 18.6 Å². The minimum Gasteiger partial charge on any atom is -0.444 e. The summed E-state index contributed by atoms with van der Waals surface area (Å²) in [6.07, 6.45) is 5.06. The van der Waals surface area contributed by atoms with Crippen molar-refractivity contribution in [2.24, 2.45) is 0 Å². The van der Waals surface area contributed by atoms with Crippen LogP contribution in [0.2, 0.25) is 5.15 Å². The van der Waals surface area contributed by atoms with Crippen molar-refractivity contribution in [3.05, 3.63) is 23.7 Å². The summed E-state index contributed by atoms with van der Waals surface area (Å²) in [6, 6.07) is 2.09. The molecule has 0 saturated carbocycles. The van der Waals surface area contributed by atoms with Crippen molar-refractivity contribution in [2.45, 2.75) is 95.9 Å². The van der Waals surface area contributed by atoms with Crippen molar-refractivity contribution in [1.29, 1.82) is 0 Å². The third-order valence-corrected chi connectivity index (χ3v) is 7.21. The number of ether oxygens (including phenoxy) is 4. The Bertz CT molecular complexity index is 1100. The first kappa shape index (κ1) is 25.7. The standard InChI is InChI=1S/C25H36ClN5O5/c1-24(2,3)36-23(32)27-12-15-8-6-7-10-30(15)13-17-18-19(35-25(4,5)34-18)22(33-17)31-11-9-16-20(26)28-14-29-21(16)31/h9,11,14-15,17-19,22H,6-8,10,12-13H2,1-5H3,(H,27,32)/t15?,17-,18-,19-,22-/m1/s1. The van der Waals surface area contributed by atoms with Crippen molar-refractivity contribution in [1.82, 2.24) is 24.8 Å². The van der Waals surface area contributed by atoms with Gasteiger partial charge in [0.15, 0.2) is 12.0 Å². The SMILES string of the molecule is CC(C)(C)OC(=O)NCC1CCCCN1C[C@H]1O[C@@H](n2ccc3c(Cl)ncnc32)[C@@H]2OC(C)(C)O[C@@H]21. The highest BCUT2D eigenvalue weighted by molar-refractivity contribution is 6.33. The van der Waals surface area contributed by atoms with Gasteiger partial charge in [0.2, 0.25) is 0 Å². The first-order valence-electron chi connectivity index (χ1n) is 12.7. The first-order chi connectivity index (χ1) is 17.0. The normalized spacial score (nSPS) is 30.4. The average molecular weight is 522 g/mol. The lowest BCUT2D eigenvalue weighted by atomic mass is 10.0. The van der Waals surface area contributed by atoms with Gasteiger partial charge in [-0.1, -0.05) is 18.0 Å². The highest BCUT2D eigenvalue weighted by atomic mass is 35.5. The average Bonchev–Trinajstić information content (AvgIpc) is 3.44. The Hall–Kier alpha value is -1.98. The summed E-state index contributed by atoms with van der Waals surface area (Å²) in [7, 11) is 0. The zero-order chi connectivity index (χ0) is 25.7. The zero-order valence-electron chi connectivity index (χ0n) is 21.6. The highest BCUT2D eigenvalue weighted by Crippen LogP contribution is 2.44. The number of aromatic nitrogens is 3. The lowest BCUT2D eigenvalue weighted by Crippen LogP contribution is -2.51. The van der Waals surface area contributed by atoms with E-state index in [1.807, 2.05) is 51.4 Å². The van der Waals surface area contributed by atoms with E-state index in [4.69, 9.17) is 30.5 Å². The van der Waals surface area contributed by atoms with Gasteiger partial charge in [0, 0.05) is 25.3 Å². The Labute approximate surface area is 216 Å². The number of carbonyl (C=O) groups excluding carboxylic acids is 1. The summed E-state index contributed by atoms with van der Waals surface area (Å²) in [6.45, 7) is 11.6. The fourth-order valence-corrected chi connectivity index (χ4v) is 5.64. The number of piperidine rings is 1. The monoisotopic (exact) mass is 521 g/mol. The molecule has 0 aromatic carbocycles. The van der Waals surface area contributed by atoms with E-state index in [1.54, 1.807) is 0 Å². The second kappa shape index (κ2) is 9.72. The van der Waals surface area contributed by atoms with Gasteiger partial charge in [-0.25, -0.2) is 14.8 Å². The quantitative estimate of drug-likeness (QED) is 0.592. The number of nitrogens with zero attached hydrogens (tertiary/aromatic N) is 4. The van der Waals surface area contributed by atoms with E-state index in [9.17, 15) is 4.79 Å². The molecule has 1 unspecified atom stereocenters. The highest BCUT2D eigenvalue weighted by Gasteiger charge is 2.56. The molecule has 0 spiro atoms. The van der Waals surface area contributed by atoms with Gasteiger partial charge < -0.3 is 28.8 Å². The third-order valence-electron chi connectivity index (χ3n) is 6.90. The third kappa shape index (κ3) is 5.33. The number of carbonyl (C=O) groups is 1. The maximum atomic E-state index is 12.2. The summed E-state index contributed by atoms with van der Waals surface area (Å²) in [5.41, 5.74) is 0.174. The van der Waals surface area contributed by atoms with Crippen LogP contribution < -0.4 is 5.32 Å². The first-order valence-corrected chi connectivity index (χ1v) is 13.1. The number of hydrogen-bond acceptors (Lipinski definition) is 8. The molecule has 3 aliphatic heterocycles. The molecule has 0 aliphatic carbocycles. The maximum absolute atomic E-state index is 12.2. The molecule has 2 aromatic rings. The van der Waals surface area contributed by atoms with Crippen LogP contribution in [0.25, 0.3) is 11.0 Å². The number of amides is 1. The molecule has 5 atom stereocenters. The van der Waals surface area contributed by atoms with Crippen molar-refractivity contribution in [2.75, 3.05) is 19.6 Å². The molecule has 0 radical (unpaired) electrons. The van der Waals surface area contributed by atoms with E-state index in [-0.39, 0.29) is 30.4 Å². The summed E-state index contributed by atoms with van der Waals surface area (Å²) in [5, 5.41) is 4.12. The van der Waals surface area contributed by atoms with Crippen LogP contribution in [0.4, 0.5) is 4.79 Å². The number of rotatable bonds is 5. The van der Waals surface area contributed by atoms with Gasteiger partial charge in [-0.05, 0) is 60.1 Å². The van der Waals surface area contributed by atoms with Gasteiger partial charge in [-0.3, -0.25) is 4.90 Å². The van der Waals surface area contributed by atoms with Crippen LogP contribution in [0, 0.1) is 0 Å². The summed E-state index contributed by atoms with van der Waals surface area (Å²) < 4.78 is 26.7. The second-order valence-corrected chi connectivity index (χ2v) is 11.6. The number of alkyl carbamates (subject to hydrolysis) is 1. The van der Waals surface area contributed by atoms with Crippen molar-refractivity contribution < 1.29 is 23.7 Å². The van der Waals surface area contributed by atoms with E-state index < -0.39 is 17.6 Å². The molecule has 10 nitrogen and oxygen atoms in total. The minimum atomic E-state index is -0.717. The molecule has 0 bridgehead atoms. The van der Waals surface area contributed by atoms with E-state index in [2.05, 4.69) is 20.2 Å². The van der Waals surface area contributed by atoms with E-state index in [0.29, 0.717) is 23.9 Å². The predicted molar refractivity (Wildman–Crippen MR) is 134 cm³/mol. The lowest BCUT2D eigenvalue weighted by Gasteiger charge is -2.38. The molecule has 5 heterocycles. The molecule has 3 aliphatic rings. The minimum absolute atomic E-state index is 0.196. The van der Waals surface area contributed by atoms with E-state index in [0.717, 1.165) is 31.2 Å². The van der Waals surface area contributed by atoms with E-state index in [1.165, 1.54) is 6.33 Å². The van der Waals surface area contributed by atoms with Crippen molar-refractivity contribution in [3.8, 4) is 0 Å². The second-order valence-electron chi connectivity index (χ2n) is 11.3. The van der Waals surface area contributed by atoms with Crippen LogP contribution in [-0.2, 0) is 18.9 Å². The molecule has 11 heteroatoms. The Morgan fingerprint density at radius 3 is 2.81 bits per heavy atom. The number of fused-ring (bicyclic) bond motifs is 2. The largest absolute Gasteiger partial charge is 0.444 e. The topological polar surface area (TPSA) is 100.0 Å². The van der Waals surface area contributed by atoms with Gasteiger partial charge in [0.1, 0.15) is 41.0 Å². The maximum Gasteiger partial charge on any atom is 0.407 e. The van der Waals surface area contributed by atoms with Gasteiger partial charge in [-0.2, -0.15) is 0 Å². The van der Waals surface area contributed by atoms with Crippen LogP contribution in [0.5, 0.6) is 0 Å². The molecular weight excluding hydrogens is 486 g/mol. The molecule has 2 aromatic heterocycles. The number of nitrogens with one attached hydrogen (secondary N) is 1. The molecule has 3 saturated heterocycles. The Balaban J connectivity index is 1.32. The fraction of sp³-hybridized carbons (Fsp3) is 0.720. The molecule has 5 rings (SSSR count). The molecule has 36 heavy (non-hydrogen) atoms.